The number of aryl methyl sites for hydroxylation is 1. The summed E-state index contributed by atoms with van der Waals surface area (Å²) in [7, 11) is 0. The zero-order valence-corrected chi connectivity index (χ0v) is 14.3. The number of amides is 1. The summed E-state index contributed by atoms with van der Waals surface area (Å²) in [6.07, 6.45) is 0.882. The van der Waals surface area contributed by atoms with Crippen molar-refractivity contribution in [2.75, 3.05) is 19.8 Å². The number of thiazole rings is 1. The van der Waals surface area contributed by atoms with Gasteiger partial charge in [0.25, 0.3) is 5.91 Å². The Labute approximate surface area is 138 Å². The summed E-state index contributed by atoms with van der Waals surface area (Å²) in [6.45, 7) is 7.35. The molecule has 8 heteroatoms. The number of rotatable bonds is 4. The smallest absolute Gasteiger partial charge is 0.274 e. The summed E-state index contributed by atoms with van der Waals surface area (Å²) in [5.74, 6) is 1.29. The molecule has 2 aromatic rings. The van der Waals surface area contributed by atoms with Gasteiger partial charge in [0.2, 0.25) is 11.8 Å². The summed E-state index contributed by atoms with van der Waals surface area (Å²) in [6, 6.07) is -0.354. The Morgan fingerprint density at radius 2 is 2.30 bits per heavy atom. The zero-order chi connectivity index (χ0) is 16.4. The van der Waals surface area contributed by atoms with Gasteiger partial charge in [-0.3, -0.25) is 4.79 Å². The first kappa shape index (κ1) is 16.1. The van der Waals surface area contributed by atoms with E-state index in [1.54, 1.807) is 11.8 Å². The van der Waals surface area contributed by atoms with Crippen LogP contribution in [-0.2, 0) is 11.2 Å². The largest absolute Gasteiger partial charge is 0.423 e. The molecule has 7 nitrogen and oxygen atoms in total. The van der Waals surface area contributed by atoms with Gasteiger partial charge in [-0.15, -0.1) is 21.5 Å². The van der Waals surface area contributed by atoms with Crippen molar-refractivity contribution in [1.82, 2.24) is 20.1 Å². The van der Waals surface area contributed by atoms with Crippen molar-refractivity contribution in [3.05, 3.63) is 27.9 Å². The minimum Gasteiger partial charge on any atom is -0.423 e. The van der Waals surface area contributed by atoms with E-state index in [1.165, 1.54) is 11.3 Å². The van der Waals surface area contributed by atoms with Crippen molar-refractivity contribution in [2.24, 2.45) is 5.92 Å². The topological polar surface area (TPSA) is 81.4 Å². The number of morpholine rings is 1. The lowest BCUT2D eigenvalue weighted by Gasteiger charge is -2.32. The van der Waals surface area contributed by atoms with Crippen LogP contribution < -0.4 is 0 Å². The van der Waals surface area contributed by atoms with E-state index in [9.17, 15) is 4.79 Å². The Hall–Kier alpha value is -1.80. The van der Waals surface area contributed by atoms with Crippen LogP contribution in [0.3, 0.4) is 0 Å². The molecule has 124 valence electrons. The first-order valence-corrected chi connectivity index (χ1v) is 8.55. The number of carbonyl (C=O) groups excluding carboxylic acids is 1. The first-order valence-electron chi connectivity index (χ1n) is 7.67. The Balaban J connectivity index is 1.79. The summed E-state index contributed by atoms with van der Waals surface area (Å²) in [4.78, 5) is 19.0. The van der Waals surface area contributed by atoms with E-state index in [1.807, 2.05) is 5.38 Å². The molecule has 23 heavy (non-hydrogen) atoms. The molecule has 0 N–H and O–H groups in total. The average molecular weight is 336 g/mol. The molecule has 0 radical (unpaired) electrons. The molecule has 0 aromatic carbocycles. The van der Waals surface area contributed by atoms with Crippen molar-refractivity contribution < 1.29 is 13.9 Å². The number of carbonyl (C=O) groups is 1. The lowest BCUT2D eigenvalue weighted by Crippen LogP contribution is -2.43. The van der Waals surface area contributed by atoms with Crippen molar-refractivity contribution in [3.63, 3.8) is 0 Å². The highest BCUT2D eigenvalue weighted by Crippen LogP contribution is 2.26. The molecule has 1 amide bonds. The third-order valence-corrected chi connectivity index (χ3v) is 4.44. The Morgan fingerprint density at radius 1 is 1.48 bits per heavy atom. The highest BCUT2D eigenvalue weighted by atomic mass is 32.1. The normalized spacial score (nSPS) is 18.6. The van der Waals surface area contributed by atoms with E-state index in [-0.39, 0.29) is 11.9 Å². The maximum absolute atomic E-state index is 12.8. The monoisotopic (exact) mass is 336 g/mol. The van der Waals surface area contributed by atoms with Crippen LogP contribution in [0.15, 0.2) is 9.80 Å². The van der Waals surface area contributed by atoms with E-state index in [2.05, 4.69) is 29.0 Å². The van der Waals surface area contributed by atoms with E-state index in [4.69, 9.17) is 9.15 Å². The molecule has 3 heterocycles. The highest BCUT2D eigenvalue weighted by Gasteiger charge is 2.34. The SMILES string of the molecule is Cc1nnc(C2COCCN2C(=O)c2csc(CC(C)C)n2)o1. The van der Waals surface area contributed by atoms with Gasteiger partial charge in [0.1, 0.15) is 11.7 Å². The van der Waals surface area contributed by atoms with Gasteiger partial charge >= 0.3 is 0 Å². The molecule has 0 saturated carbocycles. The molecule has 1 aliphatic heterocycles. The van der Waals surface area contributed by atoms with Crippen LogP contribution in [0.4, 0.5) is 0 Å². The van der Waals surface area contributed by atoms with E-state index in [0.29, 0.717) is 43.2 Å². The maximum atomic E-state index is 12.8. The number of nitrogens with zero attached hydrogens (tertiary/aromatic N) is 4. The molecule has 3 rings (SSSR count). The Bertz CT molecular complexity index is 682. The van der Waals surface area contributed by atoms with Gasteiger partial charge in [0.05, 0.1) is 18.2 Å². The second kappa shape index (κ2) is 6.76. The Kier molecular flexibility index (Phi) is 4.72. The molecular formula is C15H20N4O3S. The van der Waals surface area contributed by atoms with Gasteiger partial charge in [-0.05, 0) is 5.92 Å². The third kappa shape index (κ3) is 3.59. The molecule has 2 aromatic heterocycles. The van der Waals surface area contributed by atoms with Gasteiger partial charge in [0.15, 0.2) is 0 Å². The summed E-state index contributed by atoms with van der Waals surface area (Å²) >= 11 is 1.53. The highest BCUT2D eigenvalue weighted by molar-refractivity contribution is 7.09. The number of hydrogen-bond acceptors (Lipinski definition) is 7. The number of hydrogen-bond donors (Lipinski definition) is 0. The van der Waals surface area contributed by atoms with E-state index in [0.717, 1.165) is 11.4 Å². The molecular weight excluding hydrogens is 316 g/mol. The van der Waals surface area contributed by atoms with Crippen LogP contribution in [0.5, 0.6) is 0 Å². The zero-order valence-electron chi connectivity index (χ0n) is 13.5. The predicted octanol–water partition coefficient (Wildman–Crippen LogP) is 2.25. The molecule has 0 aliphatic carbocycles. The number of aromatic nitrogens is 3. The second-order valence-electron chi connectivity index (χ2n) is 5.97. The van der Waals surface area contributed by atoms with Crippen molar-refractivity contribution in [3.8, 4) is 0 Å². The minimum atomic E-state index is -0.354. The average Bonchev–Trinajstić information content (AvgIpc) is 3.15. The van der Waals surface area contributed by atoms with Crippen molar-refractivity contribution in [1.29, 1.82) is 0 Å². The van der Waals surface area contributed by atoms with Gasteiger partial charge in [0, 0.05) is 25.3 Å². The first-order chi connectivity index (χ1) is 11.0. The lowest BCUT2D eigenvalue weighted by molar-refractivity contribution is -0.0109. The standard InChI is InChI=1S/C15H20N4O3S/c1-9(2)6-13-16-11(8-23-13)15(20)19-4-5-21-7-12(19)14-18-17-10(3)22-14/h8-9,12H,4-7H2,1-3H3. The van der Waals surface area contributed by atoms with Crippen LogP contribution in [0.1, 0.15) is 47.2 Å². The summed E-state index contributed by atoms with van der Waals surface area (Å²) < 4.78 is 11.0. The van der Waals surface area contributed by atoms with Gasteiger partial charge in [-0.1, -0.05) is 13.8 Å². The number of ether oxygens (including phenoxy) is 1. The molecule has 1 aliphatic rings. The molecule has 0 bridgehead atoms. The van der Waals surface area contributed by atoms with Crippen molar-refractivity contribution >= 4 is 17.2 Å². The minimum absolute atomic E-state index is 0.111. The van der Waals surface area contributed by atoms with Gasteiger partial charge in [-0.2, -0.15) is 0 Å². The van der Waals surface area contributed by atoms with Crippen LogP contribution in [0.2, 0.25) is 0 Å². The summed E-state index contributed by atoms with van der Waals surface area (Å²) in [5.41, 5.74) is 0.480. The van der Waals surface area contributed by atoms with Crippen LogP contribution in [0.25, 0.3) is 0 Å². The van der Waals surface area contributed by atoms with Crippen molar-refractivity contribution in [2.45, 2.75) is 33.2 Å². The van der Waals surface area contributed by atoms with Crippen LogP contribution in [0, 0.1) is 12.8 Å². The fourth-order valence-electron chi connectivity index (χ4n) is 2.50. The van der Waals surface area contributed by atoms with E-state index < -0.39 is 0 Å². The second-order valence-corrected chi connectivity index (χ2v) is 6.92. The molecule has 1 unspecified atom stereocenters. The predicted molar refractivity (Wildman–Crippen MR) is 84.3 cm³/mol. The van der Waals surface area contributed by atoms with Gasteiger partial charge < -0.3 is 14.1 Å². The fraction of sp³-hybridized carbons (Fsp3) is 0.600. The van der Waals surface area contributed by atoms with Gasteiger partial charge in [-0.25, -0.2) is 4.98 Å². The van der Waals surface area contributed by atoms with Crippen LogP contribution >= 0.6 is 11.3 Å². The molecule has 1 saturated heterocycles. The Morgan fingerprint density at radius 3 is 3.00 bits per heavy atom. The van der Waals surface area contributed by atoms with E-state index >= 15 is 0 Å². The fourth-order valence-corrected chi connectivity index (χ4v) is 3.48. The third-order valence-electron chi connectivity index (χ3n) is 3.57. The molecule has 0 spiro atoms. The quantitative estimate of drug-likeness (QED) is 0.852. The lowest BCUT2D eigenvalue weighted by atomic mass is 10.1. The van der Waals surface area contributed by atoms with Crippen LogP contribution in [-0.4, -0.2) is 45.7 Å². The maximum Gasteiger partial charge on any atom is 0.274 e. The molecule has 1 fully saturated rings. The molecule has 1 atom stereocenters. The summed E-state index contributed by atoms with van der Waals surface area (Å²) in [5, 5.41) is 10.7.